The van der Waals surface area contributed by atoms with Crippen LogP contribution in [0.25, 0.3) is 0 Å². The lowest BCUT2D eigenvalue weighted by atomic mass is 9.89. The van der Waals surface area contributed by atoms with Gasteiger partial charge in [-0.3, -0.25) is 0 Å². The first kappa shape index (κ1) is 17.4. The van der Waals surface area contributed by atoms with Gasteiger partial charge in [-0.2, -0.15) is 0 Å². The third-order valence-electron chi connectivity index (χ3n) is 6.71. The summed E-state index contributed by atoms with van der Waals surface area (Å²) < 4.78 is 0. The third-order valence-corrected chi connectivity index (χ3v) is 6.94. The molecule has 142 valence electrons. The highest BCUT2D eigenvalue weighted by Gasteiger charge is 2.44. The van der Waals surface area contributed by atoms with E-state index in [2.05, 4.69) is 58.1 Å². The first-order valence-electron chi connectivity index (χ1n) is 10.3. The molecule has 1 fully saturated rings. The number of para-hydroxylation sites is 1. The number of hydrogen-bond acceptors (Lipinski definition) is 3. The smallest absolute Gasteiger partial charge is 0.0644 e. The molecule has 0 amide bonds. The van der Waals surface area contributed by atoms with Crippen molar-refractivity contribution < 1.29 is 0 Å². The van der Waals surface area contributed by atoms with E-state index in [-0.39, 0.29) is 0 Å². The summed E-state index contributed by atoms with van der Waals surface area (Å²) in [6.45, 7) is 5.94. The SMILES string of the molecule is CN1CCN2c3c(cccc31)C1CN(CCCc3cccc(Cl)c3)CCC12. The van der Waals surface area contributed by atoms with Crippen LogP contribution in [0.15, 0.2) is 42.5 Å². The van der Waals surface area contributed by atoms with Crippen LogP contribution in [0.3, 0.4) is 0 Å². The summed E-state index contributed by atoms with van der Waals surface area (Å²) in [5, 5.41) is 0.849. The van der Waals surface area contributed by atoms with Crippen molar-refractivity contribution in [2.45, 2.75) is 31.2 Å². The second kappa shape index (κ2) is 7.03. The zero-order chi connectivity index (χ0) is 18.4. The van der Waals surface area contributed by atoms with Crippen LogP contribution in [0.5, 0.6) is 0 Å². The Kier molecular flexibility index (Phi) is 4.53. The summed E-state index contributed by atoms with van der Waals surface area (Å²) in [5.41, 5.74) is 5.90. The maximum Gasteiger partial charge on any atom is 0.0644 e. The second-order valence-corrected chi connectivity index (χ2v) is 8.76. The Hall–Kier alpha value is -1.71. The monoisotopic (exact) mass is 381 g/mol. The molecule has 2 aromatic carbocycles. The molecule has 3 aliphatic heterocycles. The minimum atomic E-state index is 0.673. The van der Waals surface area contributed by atoms with Crippen molar-refractivity contribution in [3.63, 3.8) is 0 Å². The van der Waals surface area contributed by atoms with Gasteiger partial charge < -0.3 is 14.7 Å². The zero-order valence-corrected chi connectivity index (χ0v) is 16.8. The molecule has 0 spiro atoms. The largest absolute Gasteiger partial charge is 0.371 e. The molecule has 0 radical (unpaired) electrons. The minimum absolute atomic E-state index is 0.673. The van der Waals surface area contributed by atoms with Crippen LogP contribution in [0, 0.1) is 0 Å². The van der Waals surface area contributed by atoms with Crippen molar-refractivity contribution in [2.75, 3.05) is 49.6 Å². The average molecular weight is 382 g/mol. The van der Waals surface area contributed by atoms with Crippen molar-refractivity contribution in [1.82, 2.24) is 4.90 Å². The first-order chi connectivity index (χ1) is 13.2. The molecule has 27 heavy (non-hydrogen) atoms. The van der Waals surface area contributed by atoms with Crippen LogP contribution in [0.1, 0.15) is 29.9 Å². The summed E-state index contributed by atoms with van der Waals surface area (Å²) in [5.74, 6) is 0.673. The highest BCUT2D eigenvalue weighted by molar-refractivity contribution is 6.30. The normalized spacial score (nSPS) is 24.1. The van der Waals surface area contributed by atoms with Crippen LogP contribution >= 0.6 is 11.6 Å². The van der Waals surface area contributed by atoms with E-state index < -0.39 is 0 Å². The van der Waals surface area contributed by atoms with Crippen molar-refractivity contribution in [3.05, 3.63) is 58.6 Å². The lowest BCUT2D eigenvalue weighted by Gasteiger charge is -2.41. The van der Waals surface area contributed by atoms with Crippen LogP contribution in [-0.4, -0.2) is 50.7 Å². The number of halogens is 1. The number of fused-ring (bicyclic) bond motifs is 3. The number of anilines is 2. The minimum Gasteiger partial charge on any atom is -0.371 e. The molecule has 0 bridgehead atoms. The molecule has 5 rings (SSSR count). The van der Waals surface area contributed by atoms with Crippen LogP contribution in [0.4, 0.5) is 11.4 Å². The highest BCUT2D eigenvalue weighted by atomic mass is 35.5. The van der Waals surface area contributed by atoms with E-state index in [0.29, 0.717) is 12.0 Å². The topological polar surface area (TPSA) is 9.72 Å². The number of hydrogen-bond donors (Lipinski definition) is 0. The predicted molar refractivity (Wildman–Crippen MR) is 114 cm³/mol. The van der Waals surface area contributed by atoms with E-state index in [0.717, 1.165) is 18.0 Å². The standard InChI is InChI=1S/C23H28ClN3/c1-25-13-14-27-21-10-12-26(11-4-6-17-5-2-7-18(24)15-17)16-20(21)19-8-3-9-22(25)23(19)27/h2-3,5,7-9,15,20-21H,4,6,10-14,16H2,1H3. The Bertz CT molecular complexity index is 836. The van der Waals surface area contributed by atoms with Crippen LogP contribution in [0.2, 0.25) is 5.02 Å². The Morgan fingerprint density at radius 2 is 1.96 bits per heavy atom. The average Bonchev–Trinajstić information content (AvgIpc) is 2.99. The fraction of sp³-hybridized carbons (Fsp3) is 0.478. The van der Waals surface area contributed by atoms with Gasteiger partial charge in [0.15, 0.2) is 0 Å². The predicted octanol–water partition coefficient (Wildman–Crippen LogP) is 4.40. The molecule has 0 aliphatic carbocycles. The molecule has 2 aromatic rings. The summed E-state index contributed by atoms with van der Waals surface area (Å²) in [7, 11) is 2.23. The third kappa shape index (κ3) is 3.11. The number of piperidine rings is 1. The molecule has 1 saturated heterocycles. The van der Waals surface area contributed by atoms with Crippen molar-refractivity contribution in [2.24, 2.45) is 0 Å². The number of likely N-dealkylation sites (tertiary alicyclic amines) is 1. The summed E-state index contributed by atoms with van der Waals surface area (Å²) in [6, 6.07) is 16.0. The van der Waals surface area contributed by atoms with Gasteiger partial charge in [0.25, 0.3) is 0 Å². The maximum atomic E-state index is 6.12. The molecule has 3 aliphatic rings. The van der Waals surface area contributed by atoms with Crippen molar-refractivity contribution >= 4 is 23.0 Å². The second-order valence-electron chi connectivity index (χ2n) is 8.33. The maximum absolute atomic E-state index is 6.12. The fourth-order valence-corrected chi connectivity index (χ4v) is 5.59. The van der Waals surface area contributed by atoms with Gasteiger partial charge in [-0.1, -0.05) is 35.9 Å². The van der Waals surface area contributed by atoms with E-state index in [4.69, 9.17) is 11.6 Å². The lowest BCUT2D eigenvalue weighted by molar-refractivity contribution is 0.191. The van der Waals surface area contributed by atoms with Gasteiger partial charge in [0.1, 0.15) is 0 Å². The van der Waals surface area contributed by atoms with Gasteiger partial charge in [-0.15, -0.1) is 0 Å². The number of aryl methyl sites for hydroxylation is 1. The number of rotatable bonds is 4. The number of likely N-dealkylation sites (N-methyl/N-ethyl adjacent to an activating group) is 1. The molecule has 0 N–H and O–H groups in total. The Morgan fingerprint density at radius 1 is 1.07 bits per heavy atom. The summed E-state index contributed by atoms with van der Waals surface area (Å²) >= 11 is 6.12. The van der Waals surface area contributed by atoms with Crippen LogP contribution in [-0.2, 0) is 6.42 Å². The van der Waals surface area contributed by atoms with E-state index in [1.54, 1.807) is 5.56 Å². The lowest BCUT2D eigenvalue weighted by Crippen LogP contribution is -2.49. The molecule has 2 unspecified atom stereocenters. The fourth-order valence-electron chi connectivity index (χ4n) is 5.38. The molecular weight excluding hydrogens is 354 g/mol. The van der Waals surface area contributed by atoms with E-state index >= 15 is 0 Å². The Balaban J connectivity index is 1.27. The van der Waals surface area contributed by atoms with Gasteiger partial charge in [-0.05, 0) is 55.1 Å². The van der Waals surface area contributed by atoms with Gasteiger partial charge in [0.2, 0.25) is 0 Å². The quantitative estimate of drug-likeness (QED) is 0.777. The summed E-state index contributed by atoms with van der Waals surface area (Å²) in [6.07, 6.45) is 3.61. The van der Waals surface area contributed by atoms with Gasteiger partial charge >= 0.3 is 0 Å². The summed E-state index contributed by atoms with van der Waals surface area (Å²) in [4.78, 5) is 7.83. The van der Waals surface area contributed by atoms with Gasteiger partial charge in [0, 0.05) is 50.2 Å². The molecule has 0 saturated carbocycles. The molecule has 4 heteroatoms. The number of benzene rings is 2. The van der Waals surface area contributed by atoms with Crippen LogP contribution < -0.4 is 9.80 Å². The molecule has 2 atom stereocenters. The van der Waals surface area contributed by atoms with Crippen molar-refractivity contribution in [1.29, 1.82) is 0 Å². The van der Waals surface area contributed by atoms with E-state index in [9.17, 15) is 0 Å². The number of nitrogens with zero attached hydrogens (tertiary/aromatic N) is 3. The Labute approximate surface area is 167 Å². The molecule has 0 aromatic heterocycles. The highest BCUT2D eigenvalue weighted by Crippen LogP contribution is 2.50. The molecule has 3 nitrogen and oxygen atoms in total. The zero-order valence-electron chi connectivity index (χ0n) is 16.1. The van der Waals surface area contributed by atoms with Crippen molar-refractivity contribution in [3.8, 4) is 0 Å². The first-order valence-corrected chi connectivity index (χ1v) is 10.7. The Morgan fingerprint density at radius 3 is 2.85 bits per heavy atom. The van der Waals surface area contributed by atoms with Gasteiger partial charge in [0.05, 0.1) is 11.4 Å². The van der Waals surface area contributed by atoms with Gasteiger partial charge in [-0.25, -0.2) is 0 Å². The van der Waals surface area contributed by atoms with E-state index in [1.807, 2.05) is 6.07 Å². The molecular formula is C23H28ClN3. The molecule has 3 heterocycles. The van der Waals surface area contributed by atoms with E-state index in [1.165, 1.54) is 56.0 Å².